The molecular weight excluding hydrogens is 200 g/mol. The molecule has 1 aliphatic rings. The molecule has 1 rings (SSSR count). The summed E-state index contributed by atoms with van der Waals surface area (Å²) in [6, 6.07) is -0.00800. The molecule has 0 aromatic rings. The SMILES string of the molecule is CC(C)C(N)CC(=O)NCC1CCCCC1. The van der Waals surface area contributed by atoms with Gasteiger partial charge in [0, 0.05) is 19.0 Å². The van der Waals surface area contributed by atoms with Crippen molar-refractivity contribution >= 4 is 5.91 Å². The van der Waals surface area contributed by atoms with Crippen LogP contribution in [0, 0.1) is 11.8 Å². The van der Waals surface area contributed by atoms with E-state index in [0.717, 1.165) is 6.54 Å². The number of hydrogen-bond acceptors (Lipinski definition) is 2. The maximum atomic E-state index is 11.6. The maximum Gasteiger partial charge on any atom is 0.221 e. The lowest BCUT2D eigenvalue weighted by Gasteiger charge is -2.22. The van der Waals surface area contributed by atoms with Gasteiger partial charge in [-0.05, 0) is 24.7 Å². The van der Waals surface area contributed by atoms with Gasteiger partial charge >= 0.3 is 0 Å². The second kappa shape index (κ2) is 6.89. The van der Waals surface area contributed by atoms with Crippen molar-refractivity contribution < 1.29 is 4.79 Å². The summed E-state index contributed by atoms with van der Waals surface area (Å²) >= 11 is 0. The Kier molecular flexibility index (Phi) is 5.81. The average Bonchev–Trinajstić information content (AvgIpc) is 2.27. The zero-order chi connectivity index (χ0) is 12.0. The minimum Gasteiger partial charge on any atom is -0.356 e. The zero-order valence-electron chi connectivity index (χ0n) is 10.7. The van der Waals surface area contributed by atoms with E-state index in [1.165, 1.54) is 32.1 Å². The summed E-state index contributed by atoms with van der Waals surface area (Å²) in [4.78, 5) is 11.6. The Balaban J connectivity index is 2.14. The van der Waals surface area contributed by atoms with E-state index in [9.17, 15) is 4.79 Å². The number of rotatable bonds is 5. The molecule has 1 unspecified atom stereocenters. The van der Waals surface area contributed by atoms with Gasteiger partial charge in [-0.1, -0.05) is 33.1 Å². The third-order valence-corrected chi connectivity index (χ3v) is 3.59. The number of carbonyl (C=O) groups excluding carboxylic acids is 1. The van der Waals surface area contributed by atoms with Gasteiger partial charge in [0.05, 0.1) is 0 Å². The third-order valence-electron chi connectivity index (χ3n) is 3.59. The molecule has 3 nitrogen and oxygen atoms in total. The van der Waals surface area contributed by atoms with Crippen molar-refractivity contribution in [3.05, 3.63) is 0 Å². The Morgan fingerprint density at radius 2 is 1.94 bits per heavy atom. The quantitative estimate of drug-likeness (QED) is 0.754. The van der Waals surface area contributed by atoms with Gasteiger partial charge in [-0.2, -0.15) is 0 Å². The largest absolute Gasteiger partial charge is 0.356 e. The fraction of sp³-hybridized carbons (Fsp3) is 0.923. The van der Waals surface area contributed by atoms with Gasteiger partial charge in [-0.25, -0.2) is 0 Å². The molecule has 0 spiro atoms. The number of nitrogens with one attached hydrogen (secondary N) is 1. The third kappa shape index (κ3) is 4.97. The van der Waals surface area contributed by atoms with Crippen molar-refractivity contribution in [2.45, 2.75) is 58.4 Å². The molecular formula is C13H26N2O. The van der Waals surface area contributed by atoms with Gasteiger partial charge in [0.1, 0.15) is 0 Å². The summed E-state index contributed by atoms with van der Waals surface area (Å²) in [5.41, 5.74) is 5.87. The highest BCUT2D eigenvalue weighted by Gasteiger charge is 2.16. The molecule has 1 atom stereocenters. The highest BCUT2D eigenvalue weighted by molar-refractivity contribution is 5.76. The van der Waals surface area contributed by atoms with Gasteiger partial charge in [-0.15, -0.1) is 0 Å². The second-order valence-corrected chi connectivity index (χ2v) is 5.42. The van der Waals surface area contributed by atoms with Crippen molar-refractivity contribution in [3.63, 3.8) is 0 Å². The summed E-state index contributed by atoms with van der Waals surface area (Å²) in [5.74, 6) is 1.19. The molecule has 3 heteroatoms. The monoisotopic (exact) mass is 226 g/mol. The van der Waals surface area contributed by atoms with Crippen LogP contribution in [0.2, 0.25) is 0 Å². The lowest BCUT2D eigenvalue weighted by atomic mass is 9.89. The molecule has 3 N–H and O–H groups in total. The normalized spacial score (nSPS) is 19.8. The number of amides is 1. The minimum atomic E-state index is -0.00800. The van der Waals surface area contributed by atoms with E-state index in [0.29, 0.717) is 18.3 Å². The highest BCUT2D eigenvalue weighted by Crippen LogP contribution is 2.22. The van der Waals surface area contributed by atoms with Gasteiger partial charge in [0.25, 0.3) is 0 Å². The van der Waals surface area contributed by atoms with Gasteiger partial charge < -0.3 is 11.1 Å². The van der Waals surface area contributed by atoms with E-state index in [1.807, 2.05) is 0 Å². The topological polar surface area (TPSA) is 55.1 Å². The molecule has 0 radical (unpaired) electrons. The molecule has 0 bridgehead atoms. The van der Waals surface area contributed by atoms with E-state index < -0.39 is 0 Å². The molecule has 0 heterocycles. The van der Waals surface area contributed by atoms with Crippen molar-refractivity contribution in [3.8, 4) is 0 Å². The summed E-state index contributed by atoms with van der Waals surface area (Å²) in [6.45, 7) is 4.96. The first-order chi connectivity index (χ1) is 7.59. The summed E-state index contributed by atoms with van der Waals surface area (Å²) in [6.07, 6.45) is 7.03. The Labute approximate surface area is 99.2 Å². The highest BCUT2D eigenvalue weighted by atomic mass is 16.1. The van der Waals surface area contributed by atoms with Crippen LogP contribution in [0.1, 0.15) is 52.4 Å². The first-order valence-corrected chi connectivity index (χ1v) is 6.62. The van der Waals surface area contributed by atoms with Crippen LogP contribution in [0.3, 0.4) is 0 Å². The molecule has 0 aromatic heterocycles. The number of hydrogen-bond donors (Lipinski definition) is 2. The molecule has 1 amide bonds. The minimum absolute atomic E-state index is 0.00800. The smallest absolute Gasteiger partial charge is 0.221 e. The first kappa shape index (κ1) is 13.5. The average molecular weight is 226 g/mol. The molecule has 1 saturated carbocycles. The van der Waals surface area contributed by atoms with Crippen molar-refractivity contribution in [1.82, 2.24) is 5.32 Å². The summed E-state index contributed by atoms with van der Waals surface area (Å²) in [5, 5.41) is 3.02. The zero-order valence-corrected chi connectivity index (χ0v) is 10.7. The lowest BCUT2D eigenvalue weighted by Crippen LogP contribution is -2.37. The molecule has 94 valence electrons. The molecule has 1 fully saturated rings. The fourth-order valence-electron chi connectivity index (χ4n) is 2.17. The van der Waals surface area contributed by atoms with Crippen LogP contribution >= 0.6 is 0 Å². The Morgan fingerprint density at radius 3 is 2.50 bits per heavy atom. The second-order valence-electron chi connectivity index (χ2n) is 5.42. The van der Waals surface area contributed by atoms with Crippen LogP contribution in [0.5, 0.6) is 0 Å². The van der Waals surface area contributed by atoms with Crippen LogP contribution in [0.15, 0.2) is 0 Å². The van der Waals surface area contributed by atoms with Crippen LogP contribution < -0.4 is 11.1 Å². The molecule has 16 heavy (non-hydrogen) atoms. The van der Waals surface area contributed by atoms with E-state index in [1.54, 1.807) is 0 Å². The van der Waals surface area contributed by atoms with Crippen LogP contribution in [-0.4, -0.2) is 18.5 Å². The van der Waals surface area contributed by atoms with Gasteiger partial charge in [-0.3, -0.25) is 4.79 Å². The first-order valence-electron chi connectivity index (χ1n) is 6.62. The molecule has 0 aliphatic heterocycles. The number of carbonyl (C=O) groups is 1. The van der Waals surface area contributed by atoms with Crippen molar-refractivity contribution in [2.24, 2.45) is 17.6 Å². The summed E-state index contributed by atoms with van der Waals surface area (Å²) < 4.78 is 0. The lowest BCUT2D eigenvalue weighted by molar-refractivity contribution is -0.121. The molecule has 0 aromatic carbocycles. The standard InChI is InChI=1S/C13H26N2O/c1-10(2)12(14)8-13(16)15-9-11-6-4-3-5-7-11/h10-12H,3-9,14H2,1-2H3,(H,15,16). The van der Waals surface area contributed by atoms with Crippen LogP contribution in [0.25, 0.3) is 0 Å². The predicted molar refractivity (Wildman–Crippen MR) is 67.0 cm³/mol. The van der Waals surface area contributed by atoms with E-state index >= 15 is 0 Å². The van der Waals surface area contributed by atoms with Crippen molar-refractivity contribution in [2.75, 3.05) is 6.54 Å². The van der Waals surface area contributed by atoms with Gasteiger partial charge in [0.15, 0.2) is 0 Å². The fourth-order valence-corrected chi connectivity index (χ4v) is 2.17. The van der Waals surface area contributed by atoms with E-state index in [4.69, 9.17) is 5.73 Å². The van der Waals surface area contributed by atoms with E-state index in [-0.39, 0.29) is 11.9 Å². The predicted octanol–water partition coefficient (Wildman–Crippen LogP) is 2.06. The number of nitrogens with two attached hydrogens (primary N) is 1. The molecule has 0 saturated heterocycles. The maximum absolute atomic E-state index is 11.6. The van der Waals surface area contributed by atoms with Gasteiger partial charge in [0.2, 0.25) is 5.91 Å². The van der Waals surface area contributed by atoms with Crippen molar-refractivity contribution in [1.29, 1.82) is 0 Å². The Morgan fingerprint density at radius 1 is 1.31 bits per heavy atom. The molecule has 1 aliphatic carbocycles. The van der Waals surface area contributed by atoms with E-state index in [2.05, 4.69) is 19.2 Å². The Bertz CT molecular complexity index is 210. The van der Waals surface area contributed by atoms with Crippen LogP contribution in [0.4, 0.5) is 0 Å². The summed E-state index contributed by atoms with van der Waals surface area (Å²) in [7, 11) is 0. The van der Waals surface area contributed by atoms with Crippen LogP contribution in [-0.2, 0) is 4.79 Å². The Hall–Kier alpha value is -0.570.